The predicted octanol–water partition coefficient (Wildman–Crippen LogP) is 5.31. The summed E-state index contributed by atoms with van der Waals surface area (Å²) in [4.78, 5) is 27.7. The Morgan fingerprint density at radius 1 is 1.06 bits per heavy atom. The van der Waals surface area contributed by atoms with Crippen molar-refractivity contribution >= 4 is 67.9 Å². The molecule has 3 rings (SSSR count). The van der Waals surface area contributed by atoms with Gasteiger partial charge < -0.3 is 18.8 Å². The van der Waals surface area contributed by atoms with Crippen molar-refractivity contribution in [3.63, 3.8) is 0 Å². The third-order valence-electron chi connectivity index (χ3n) is 5.24. The molecule has 0 bridgehead atoms. The topological polar surface area (TPSA) is 69.0 Å². The summed E-state index contributed by atoms with van der Waals surface area (Å²) >= 11 is 4.40. The molecular weight excluding hydrogens is 636 g/mol. The van der Waals surface area contributed by atoms with E-state index in [0.717, 1.165) is 32.5 Å². The summed E-state index contributed by atoms with van der Waals surface area (Å²) in [7, 11) is 1.32. The lowest BCUT2D eigenvalue weighted by atomic mass is 9.99. The first-order valence-corrected chi connectivity index (χ1v) is 12.5. The van der Waals surface area contributed by atoms with Crippen molar-refractivity contribution in [1.29, 1.82) is 0 Å². The number of likely N-dealkylation sites (N-methyl/N-ethyl adjacent to an activating group) is 1. The molecule has 0 aliphatic rings. The van der Waals surface area contributed by atoms with Crippen molar-refractivity contribution in [2.45, 2.75) is 20.3 Å². The van der Waals surface area contributed by atoms with Gasteiger partial charge in [0, 0.05) is 17.5 Å². The van der Waals surface area contributed by atoms with Gasteiger partial charge in [-0.2, -0.15) is 0 Å². The maximum absolute atomic E-state index is 13.5. The zero-order chi connectivity index (χ0) is 23.3. The van der Waals surface area contributed by atoms with E-state index in [0.29, 0.717) is 34.5 Å². The first-order chi connectivity index (χ1) is 15.4. The number of ether oxygens (including phenoxy) is 2. The maximum atomic E-state index is 13.5. The van der Waals surface area contributed by atoms with Crippen LogP contribution in [0.15, 0.2) is 40.8 Å². The van der Waals surface area contributed by atoms with Gasteiger partial charge in [0.15, 0.2) is 5.78 Å². The van der Waals surface area contributed by atoms with E-state index in [4.69, 9.17) is 13.9 Å². The highest BCUT2D eigenvalue weighted by Crippen LogP contribution is 2.33. The largest absolute Gasteiger partial charge is 0.490 e. The average Bonchev–Trinajstić information content (AvgIpc) is 3.15. The van der Waals surface area contributed by atoms with Crippen LogP contribution in [0.2, 0.25) is 0 Å². The second-order valence-electron chi connectivity index (χ2n) is 7.12. The first kappa shape index (κ1) is 25.0. The maximum Gasteiger partial charge on any atom is 0.313 e. The van der Waals surface area contributed by atoms with E-state index in [1.165, 1.54) is 7.11 Å². The van der Waals surface area contributed by atoms with Gasteiger partial charge in [-0.05, 0) is 76.5 Å². The second-order valence-corrected chi connectivity index (χ2v) is 9.45. The highest BCUT2D eigenvalue weighted by molar-refractivity contribution is 14.1. The van der Waals surface area contributed by atoms with Crippen LogP contribution in [-0.4, -0.2) is 50.0 Å². The average molecular weight is 661 g/mol. The highest BCUT2D eigenvalue weighted by Gasteiger charge is 2.25. The molecule has 0 aliphatic carbocycles. The van der Waals surface area contributed by atoms with E-state index in [-0.39, 0.29) is 12.2 Å². The summed E-state index contributed by atoms with van der Waals surface area (Å²) in [5.41, 5.74) is 1.48. The molecule has 3 aromatic rings. The quantitative estimate of drug-likeness (QED) is 0.167. The number of furan rings is 1. The number of nitrogens with zero attached hydrogens (tertiary/aromatic N) is 1. The fourth-order valence-corrected chi connectivity index (χ4v) is 5.54. The summed E-state index contributed by atoms with van der Waals surface area (Å²) in [6, 6.07) is 10.9. The van der Waals surface area contributed by atoms with Crippen LogP contribution in [0.3, 0.4) is 0 Å². The van der Waals surface area contributed by atoms with Gasteiger partial charge in [-0.3, -0.25) is 9.59 Å². The van der Waals surface area contributed by atoms with E-state index in [1.807, 2.05) is 30.3 Å². The van der Waals surface area contributed by atoms with Crippen LogP contribution < -0.4 is 4.74 Å². The number of hydrogen-bond donors (Lipinski definition) is 0. The number of para-hydroxylation sites is 1. The van der Waals surface area contributed by atoms with E-state index >= 15 is 0 Å². The molecule has 0 unspecified atom stereocenters. The lowest BCUT2D eigenvalue weighted by Crippen LogP contribution is -2.28. The predicted molar refractivity (Wildman–Crippen MR) is 141 cm³/mol. The molecule has 0 spiro atoms. The van der Waals surface area contributed by atoms with Gasteiger partial charge in [0.1, 0.15) is 30.1 Å². The van der Waals surface area contributed by atoms with Crippen LogP contribution in [0.25, 0.3) is 11.0 Å². The minimum atomic E-state index is -0.459. The third kappa shape index (κ3) is 5.63. The Kier molecular flexibility index (Phi) is 8.95. The van der Waals surface area contributed by atoms with Crippen molar-refractivity contribution in [3.8, 4) is 5.75 Å². The summed E-state index contributed by atoms with van der Waals surface area (Å²) in [6.07, 6.45) is -0.104. The Labute approximate surface area is 214 Å². The van der Waals surface area contributed by atoms with Gasteiger partial charge in [-0.25, -0.2) is 0 Å². The molecule has 8 heteroatoms. The number of esters is 1. The minimum absolute atomic E-state index is 0.104. The molecule has 0 radical (unpaired) electrons. The molecule has 0 atom stereocenters. The number of fused-ring (bicyclic) bond motifs is 1. The molecule has 0 fully saturated rings. The normalized spacial score (nSPS) is 11.2. The van der Waals surface area contributed by atoms with E-state index < -0.39 is 5.97 Å². The number of carbonyl (C=O) groups excluding carboxylic acids is 2. The Morgan fingerprint density at radius 3 is 2.34 bits per heavy atom. The highest BCUT2D eigenvalue weighted by atomic mass is 127. The number of hydrogen-bond acceptors (Lipinski definition) is 6. The molecule has 0 aliphatic heterocycles. The molecule has 170 valence electrons. The van der Waals surface area contributed by atoms with Crippen molar-refractivity contribution in [2.75, 3.05) is 33.4 Å². The van der Waals surface area contributed by atoms with Crippen LogP contribution in [0.1, 0.15) is 35.5 Å². The molecule has 6 nitrogen and oxygen atoms in total. The lowest BCUT2D eigenvalue weighted by Gasteiger charge is -2.19. The van der Waals surface area contributed by atoms with Crippen molar-refractivity contribution in [3.05, 3.63) is 60.4 Å². The fourth-order valence-electron chi connectivity index (χ4n) is 3.46. The fraction of sp³-hybridized carbons (Fsp3) is 0.333. The molecule has 0 N–H and O–H groups in total. The Bertz CT molecular complexity index is 1100. The van der Waals surface area contributed by atoms with Gasteiger partial charge in [0.25, 0.3) is 0 Å². The zero-order valence-electron chi connectivity index (χ0n) is 18.2. The molecule has 32 heavy (non-hydrogen) atoms. The number of methoxy groups -OCH3 is 1. The van der Waals surface area contributed by atoms with Gasteiger partial charge in [0.2, 0.25) is 0 Å². The molecule has 0 saturated carbocycles. The van der Waals surface area contributed by atoms with Crippen LogP contribution in [0, 0.1) is 7.14 Å². The number of carbonyl (C=O) groups is 2. The molecule has 1 heterocycles. The number of halogens is 2. The van der Waals surface area contributed by atoms with E-state index in [9.17, 15) is 9.59 Å². The summed E-state index contributed by atoms with van der Waals surface area (Å²) in [5.74, 6) is 0.438. The Morgan fingerprint density at radius 2 is 1.72 bits per heavy atom. The van der Waals surface area contributed by atoms with Crippen molar-refractivity contribution in [1.82, 2.24) is 4.90 Å². The van der Waals surface area contributed by atoms with Crippen LogP contribution in [-0.2, 0) is 16.0 Å². The minimum Gasteiger partial charge on any atom is -0.490 e. The van der Waals surface area contributed by atoms with Gasteiger partial charge in [-0.1, -0.05) is 32.0 Å². The van der Waals surface area contributed by atoms with Crippen LogP contribution in [0.4, 0.5) is 0 Å². The lowest BCUT2D eigenvalue weighted by molar-refractivity contribution is -0.140. The standard InChI is InChI=1S/C24H25I2NO5/c1-4-27(5-2)10-11-31-24-17(25)12-15(13-18(24)26)23(29)22-16-8-6-7-9-19(16)32-20(22)14-21(28)30-3/h6-9,12-13H,4-5,10-11,14H2,1-3H3. The number of rotatable bonds is 10. The Balaban J connectivity index is 1.92. The number of benzene rings is 2. The molecule has 2 aromatic carbocycles. The van der Waals surface area contributed by atoms with E-state index in [1.54, 1.807) is 6.07 Å². The van der Waals surface area contributed by atoms with E-state index in [2.05, 4.69) is 63.9 Å². The molecule has 1 aromatic heterocycles. The summed E-state index contributed by atoms with van der Waals surface area (Å²) < 4.78 is 18.4. The van der Waals surface area contributed by atoms with Gasteiger partial charge in [0.05, 0.1) is 19.8 Å². The molecule has 0 amide bonds. The monoisotopic (exact) mass is 661 g/mol. The molecule has 0 saturated heterocycles. The van der Waals surface area contributed by atoms with Gasteiger partial charge in [-0.15, -0.1) is 0 Å². The first-order valence-electron chi connectivity index (χ1n) is 10.4. The SMILES string of the molecule is CCN(CC)CCOc1c(I)cc(C(=O)c2c(CC(=O)OC)oc3ccccc23)cc1I. The van der Waals surface area contributed by atoms with Gasteiger partial charge >= 0.3 is 5.97 Å². The van der Waals surface area contributed by atoms with Crippen molar-refractivity contribution < 1.29 is 23.5 Å². The summed E-state index contributed by atoms with van der Waals surface area (Å²) in [5, 5.41) is 0.681. The number of ketones is 1. The molecular formula is C24H25I2NO5. The van der Waals surface area contributed by atoms with Crippen LogP contribution in [0.5, 0.6) is 5.75 Å². The smallest absolute Gasteiger partial charge is 0.313 e. The zero-order valence-corrected chi connectivity index (χ0v) is 22.6. The summed E-state index contributed by atoms with van der Waals surface area (Å²) in [6.45, 7) is 7.65. The van der Waals surface area contributed by atoms with Crippen molar-refractivity contribution in [2.24, 2.45) is 0 Å². The second kappa shape index (κ2) is 11.5. The van der Waals surface area contributed by atoms with Crippen LogP contribution >= 0.6 is 45.2 Å². The Hall–Kier alpha value is -1.66. The third-order valence-corrected chi connectivity index (χ3v) is 6.84.